The third-order valence-corrected chi connectivity index (χ3v) is 5.36. The predicted octanol–water partition coefficient (Wildman–Crippen LogP) is 2.18. The number of hydrogen-bond acceptors (Lipinski definition) is 4. The van der Waals surface area contributed by atoms with Crippen molar-refractivity contribution in [3.63, 3.8) is 0 Å². The minimum absolute atomic E-state index is 0.177. The second kappa shape index (κ2) is 7.53. The van der Waals surface area contributed by atoms with Gasteiger partial charge in [0.2, 0.25) is 10.0 Å². The number of nitrogens with zero attached hydrogens (tertiary/aromatic N) is 1. The maximum absolute atomic E-state index is 13.8. The molecule has 3 N–H and O–H groups in total. The fourth-order valence-electron chi connectivity index (χ4n) is 1.62. The molecule has 1 aromatic rings. The van der Waals surface area contributed by atoms with Gasteiger partial charge in [0, 0.05) is 22.7 Å². The van der Waals surface area contributed by atoms with Crippen molar-refractivity contribution in [2.24, 2.45) is 0 Å². The summed E-state index contributed by atoms with van der Waals surface area (Å²) in [5, 5.41) is 0. The molecule has 0 spiro atoms. The summed E-state index contributed by atoms with van der Waals surface area (Å²) >= 11 is 3.05. The second-order valence-corrected chi connectivity index (χ2v) is 7.72. The fraction of sp³-hybridized carbons (Fsp3) is 0.538. The number of halogens is 2. The largest absolute Gasteiger partial charge is 0.398 e. The zero-order valence-corrected chi connectivity index (χ0v) is 14.8. The topological polar surface area (TPSA) is 75.4 Å². The van der Waals surface area contributed by atoms with Crippen molar-refractivity contribution in [3.8, 4) is 0 Å². The average molecular weight is 382 g/mol. The van der Waals surface area contributed by atoms with Crippen molar-refractivity contribution in [1.29, 1.82) is 0 Å². The van der Waals surface area contributed by atoms with Crippen LogP contribution in [0.4, 0.5) is 10.1 Å². The van der Waals surface area contributed by atoms with Gasteiger partial charge in [-0.1, -0.05) is 0 Å². The highest BCUT2D eigenvalue weighted by Gasteiger charge is 2.20. The first-order valence-electron chi connectivity index (χ1n) is 6.59. The van der Waals surface area contributed by atoms with Crippen LogP contribution in [0.15, 0.2) is 21.5 Å². The molecule has 8 heteroatoms. The smallest absolute Gasteiger partial charge is 0.243 e. The molecule has 0 bridgehead atoms. The number of anilines is 1. The van der Waals surface area contributed by atoms with Crippen LogP contribution in [0.3, 0.4) is 0 Å². The van der Waals surface area contributed by atoms with Crippen molar-refractivity contribution in [1.82, 2.24) is 9.62 Å². The monoisotopic (exact) mass is 381 g/mol. The highest BCUT2D eigenvalue weighted by atomic mass is 79.9. The van der Waals surface area contributed by atoms with Crippen molar-refractivity contribution in [2.45, 2.75) is 31.2 Å². The first kappa shape index (κ1) is 18.3. The van der Waals surface area contributed by atoms with Crippen molar-refractivity contribution >= 4 is 31.6 Å². The van der Waals surface area contributed by atoms with Gasteiger partial charge in [-0.2, -0.15) is 0 Å². The van der Waals surface area contributed by atoms with Crippen LogP contribution in [0.25, 0.3) is 0 Å². The van der Waals surface area contributed by atoms with E-state index in [2.05, 4.69) is 39.4 Å². The van der Waals surface area contributed by atoms with E-state index in [9.17, 15) is 12.8 Å². The summed E-state index contributed by atoms with van der Waals surface area (Å²) in [6.45, 7) is 5.12. The Balaban J connectivity index is 2.68. The summed E-state index contributed by atoms with van der Waals surface area (Å²) in [7, 11) is -1.93. The molecule has 1 aromatic carbocycles. The highest BCUT2D eigenvalue weighted by Crippen LogP contribution is 2.25. The van der Waals surface area contributed by atoms with Crippen LogP contribution in [-0.4, -0.2) is 39.5 Å². The SMILES string of the molecule is CC(C)N(C)CCCNS(=O)(=O)c1cc(N)c(Br)cc1F. The van der Waals surface area contributed by atoms with Gasteiger partial charge in [-0.25, -0.2) is 17.5 Å². The van der Waals surface area contributed by atoms with E-state index in [0.717, 1.165) is 18.7 Å². The number of nitrogen functional groups attached to an aromatic ring is 1. The molecule has 0 atom stereocenters. The quantitative estimate of drug-likeness (QED) is 0.560. The van der Waals surface area contributed by atoms with E-state index in [1.807, 2.05) is 7.05 Å². The van der Waals surface area contributed by atoms with Crippen LogP contribution in [0, 0.1) is 5.82 Å². The second-order valence-electron chi connectivity index (χ2n) is 5.13. The first-order chi connectivity index (χ1) is 9.65. The number of nitrogens with one attached hydrogen (secondary N) is 1. The van der Waals surface area contributed by atoms with Crippen LogP contribution in [0.5, 0.6) is 0 Å². The molecule has 0 heterocycles. The Morgan fingerprint density at radius 3 is 2.62 bits per heavy atom. The number of sulfonamides is 1. The van der Waals surface area contributed by atoms with Gasteiger partial charge in [-0.15, -0.1) is 0 Å². The lowest BCUT2D eigenvalue weighted by Gasteiger charge is -2.20. The molecule has 0 aliphatic rings. The van der Waals surface area contributed by atoms with E-state index in [4.69, 9.17) is 5.73 Å². The van der Waals surface area contributed by atoms with Gasteiger partial charge >= 0.3 is 0 Å². The minimum Gasteiger partial charge on any atom is -0.398 e. The van der Waals surface area contributed by atoms with Gasteiger partial charge < -0.3 is 10.6 Å². The maximum Gasteiger partial charge on any atom is 0.243 e. The molecule has 120 valence electrons. The zero-order chi connectivity index (χ0) is 16.2. The lowest BCUT2D eigenvalue weighted by molar-refractivity contribution is 0.271. The van der Waals surface area contributed by atoms with Gasteiger partial charge in [0.25, 0.3) is 0 Å². The predicted molar refractivity (Wildman–Crippen MR) is 86.1 cm³/mol. The number of nitrogens with two attached hydrogens (primary N) is 1. The minimum atomic E-state index is -3.89. The van der Waals surface area contributed by atoms with E-state index in [-0.39, 0.29) is 12.2 Å². The van der Waals surface area contributed by atoms with E-state index in [1.165, 1.54) is 0 Å². The molecular weight excluding hydrogens is 361 g/mol. The molecular formula is C13H21BrFN3O2S. The summed E-state index contributed by atoms with van der Waals surface area (Å²) in [4.78, 5) is 1.67. The maximum atomic E-state index is 13.8. The van der Waals surface area contributed by atoms with Crippen LogP contribution in [0.2, 0.25) is 0 Å². The first-order valence-corrected chi connectivity index (χ1v) is 8.87. The zero-order valence-electron chi connectivity index (χ0n) is 12.4. The van der Waals surface area contributed by atoms with Gasteiger partial charge in [0.15, 0.2) is 0 Å². The van der Waals surface area contributed by atoms with Gasteiger partial charge in [-0.05, 0) is 61.9 Å². The van der Waals surface area contributed by atoms with E-state index in [0.29, 0.717) is 16.9 Å². The van der Waals surface area contributed by atoms with E-state index < -0.39 is 20.7 Å². The Kier molecular flexibility index (Phi) is 6.58. The molecule has 0 saturated heterocycles. The molecule has 0 amide bonds. The van der Waals surface area contributed by atoms with Crippen LogP contribution in [0.1, 0.15) is 20.3 Å². The normalized spacial score (nSPS) is 12.3. The van der Waals surface area contributed by atoms with E-state index >= 15 is 0 Å². The Morgan fingerprint density at radius 2 is 2.05 bits per heavy atom. The standard InChI is InChI=1S/C13H21BrFN3O2S/c1-9(2)18(3)6-4-5-17-21(19,20)13-8-12(16)10(14)7-11(13)15/h7-9,17H,4-6,16H2,1-3H3. The third-order valence-electron chi connectivity index (χ3n) is 3.20. The summed E-state index contributed by atoms with van der Waals surface area (Å²) in [5.74, 6) is -0.831. The molecule has 21 heavy (non-hydrogen) atoms. The van der Waals surface area contributed by atoms with Crippen molar-refractivity contribution in [3.05, 3.63) is 22.4 Å². The third kappa shape index (κ3) is 5.21. The summed E-state index contributed by atoms with van der Waals surface area (Å²) in [6, 6.07) is 2.56. The summed E-state index contributed by atoms with van der Waals surface area (Å²) in [6.07, 6.45) is 0.640. The van der Waals surface area contributed by atoms with Crippen LogP contribution >= 0.6 is 15.9 Å². The Labute approximate surface area is 133 Å². The molecule has 5 nitrogen and oxygen atoms in total. The lowest BCUT2D eigenvalue weighted by atomic mass is 10.3. The molecule has 0 saturated carbocycles. The molecule has 0 aliphatic carbocycles. The Bertz CT molecular complexity index is 593. The molecule has 0 aromatic heterocycles. The molecule has 0 radical (unpaired) electrons. The van der Waals surface area contributed by atoms with Crippen molar-refractivity contribution in [2.75, 3.05) is 25.9 Å². The van der Waals surface area contributed by atoms with E-state index in [1.54, 1.807) is 0 Å². The van der Waals surface area contributed by atoms with Gasteiger partial charge in [0.1, 0.15) is 10.7 Å². The van der Waals surface area contributed by atoms with Gasteiger partial charge in [-0.3, -0.25) is 0 Å². The highest BCUT2D eigenvalue weighted by molar-refractivity contribution is 9.10. The average Bonchev–Trinajstić information content (AvgIpc) is 2.38. The Morgan fingerprint density at radius 1 is 1.43 bits per heavy atom. The Hall–Kier alpha value is -0.700. The van der Waals surface area contributed by atoms with Crippen LogP contribution < -0.4 is 10.5 Å². The van der Waals surface area contributed by atoms with Crippen molar-refractivity contribution < 1.29 is 12.8 Å². The fourth-order valence-corrected chi connectivity index (χ4v) is 3.10. The summed E-state index contributed by atoms with van der Waals surface area (Å²) < 4.78 is 40.6. The van der Waals surface area contributed by atoms with Gasteiger partial charge in [0.05, 0.1) is 0 Å². The molecule has 0 unspecified atom stereocenters. The lowest BCUT2D eigenvalue weighted by Crippen LogP contribution is -2.31. The van der Waals surface area contributed by atoms with Crippen LogP contribution in [-0.2, 0) is 10.0 Å². The molecule has 0 aliphatic heterocycles. The summed E-state index contributed by atoms with van der Waals surface area (Å²) in [5.41, 5.74) is 5.78. The molecule has 1 rings (SSSR count). The number of hydrogen-bond donors (Lipinski definition) is 2. The number of rotatable bonds is 7. The number of benzene rings is 1. The molecule has 0 fully saturated rings.